The first kappa shape index (κ1) is 36.7. The van der Waals surface area contributed by atoms with Crippen LogP contribution in [0.5, 0.6) is 17.2 Å². The van der Waals surface area contributed by atoms with E-state index in [1.54, 1.807) is 0 Å². The fourth-order valence-corrected chi connectivity index (χ4v) is 34.2. The molecule has 0 N–H and O–H groups in total. The third kappa shape index (κ3) is 6.58. The van der Waals surface area contributed by atoms with E-state index in [0.29, 0.717) is 17.2 Å². The maximum atomic E-state index is 7.62. The van der Waals surface area contributed by atoms with Gasteiger partial charge in [0.05, 0.1) is 0 Å². The molecular formula is C42H45O6P3+2. The molecular weight excluding hydrogens is 693 g/mol. The molecule has 0 aliphatic rings. The molecule has 0 heterocycles. The number of rotatable bonds is 17. The van der Waals surface area contributed by atoms with Crippen LogP contribution in [-0.2, 0) is 13.6 Å². The summed E-state index contributed by atoms with van der Waals surface area (Å²) >= 11 is 0. The standard InChI is InChI=1S/C42H45O6P3/c1-4-43-51(44-5-2,45-6-3,49(40-31-19-10-20-32-40,41-33-21-11-22-34-41)42-35-23-12-24-36-42)50(46-37-25-13-7-14-26-37,47-38-27-15-8-16-28-38)48-39-29-17-9-18-30-39/h7-36H,4-6H2,1-3H3/q+2. The molecule has 0 fully saturated rings. The molecule has 0 bridgehead atoms. The van der Waals surface area contributed by atoms with Crippen molar-refractivity contribution in [3.8, 4) is 17.2 Å². The predicted octanol–water partition coefficient (Wildman–Crippen LogP) is 11.2. The SMILES string of the molecule is CCOP(OCC)(OCC)([P+](Oc1ccccc1)(Oc1ccccc1)Oc1ccccc1)[P+](c1ccccc1)(c1ccccc1)c1ccccc1. The van der Waals surface area contributed by atoms with Crippen molar-refractivity contribution < 1.29 is 27.1 Å². The molecule has 6 rings (SSSR count). The van der Waals surface area contributed by atoms with Crippen LogP contribution in [0, 0.1) is 0 Å². The van der Waals surface area contributed by atoms with Gasteiger partial charge in [0.25, 0.3) is 0 Å². The topological polar surface area (TPSA) is 55.4 Å². The van der Waals surface area contributed by atoms with Crippen LogP contribution in [0.4, 0.5) is 0 Å². The summed E-state index contributed by atoms with van der Waals surface area (Å²) in [5, 5.41) is 2.93. The van der Waals surface area contributed by atoms with Crippen molar-refractivity contribution in [2.75, 3.05) is 19.8 Å². The third-order valence-corrected chi connectivity index (χ3v) is 31.4. The zero-order chi connectivity index (χ0) is 35.5. The van der Waals surface area contributed by atoms with Gasteiger partial charge in [0.1, 0.15) is 0 Å². The summed E-state index contributed by atoms with van der Waals surface area (Å²) in [5.41, 5.74) is 0. The van der Waals surface area contributed by atoms with Crippen molar-refractivity contribution in [1.29, 1.82) is 0 Å². The molecule has 6 nitrogen and oxygen atoms in total. The minimum atomic E-state index is -5.18. The minimum absolute atomic E-state index is 0.211. The van der Waals surface area contributed by atoms with Crippen molar-refractivity contribution in [3.63, 3.8) is 0 Å². The molecule has 0 aromatic heterocycles. The number of benzene rings is 6. The zero-order valence-corrected chi connectivity index (χ0v) is 31.9. The molecule has 0 saturated carbocycles. The van der Waals surface area contributed by atoms with Gasteiger partial charge in [0.15, 0.2) is 0 Å². The van der Waals surface area contributed by atoms with E-state index in [0.717, 1.165) is 15.9 Å². The van der Waals surface area contributed by atoms with E-state index < -0.39 is 21.2 Å². The Morgan fingerprint density at radius 1 is 0.353 bits per heavy atom. The predicted molar refractivity (Wildman–Crippen MR) is 215 cm³/mol. The van der Waals surface area contributed by atoms with Crippen molar-refractivity contribution in [1.82, 2.24) is 0 Å². The molecule has 0 amide bonds. The quantitative estimate of drug-likeness (QED) is 0.0869. The Labute approximate surface area is 303 Å². The molecule has 0 spiro atoms. The Hall–Kier alpha value is -4.11. The van der Waals surface area contributed by atoms with E-state index >= 15 is 0 Å². The zero-order valence-electron chi connectivity index (χ0n) is 29.2. The summed E-state index contributed by atoms with van der Waals surface area (Å²) in [6, 6.07) is 60.1. The molecule has 6 aromatic carbocycles. The molecule has 9 heteroatoms. The maximum absolute atomic E-state index is 7.62. The van der Waals surface area contributed by atoms with E-state index in [-0.39, 0.29) is 19.8 Å². The van der Waals surface area contributed by atoms with Gasteiger partial charge in [-0.25, -0.2) is 0 Å². The number of hydrogen-bond acceptors (Lipinski definition) is 6. The number of hydrogen-bond donors (Lipinski definition) is 0. The molecule has 0 atom stereocenters. The first-order valence-electron chi connectivity index (χ1n) is 17.2. The molecule has 6 aromatic rings. The molecule has 0 aliphatic heterocycles. The summed E-state index contributed by atoms with van der Waals surface area (Å²) in [5.74, 6) is 1.58. The Kier molecular flexibility index (Phi) is 11.9. The van der Waals surface area contributed by atoms with Crippen LogP contribution >= 0.6 is 21.2 Å². The second-order valence-corrected chi connectivity index (χ2v) is 26.4. The summed E-state index contributed by atoms with van der Waals surface area (Å²) in [4.78, 5) is 0. The van der Waals surface area contributed by atoms with Gasteiger partial charge in [-0.05, 0) is 0 Å². The first-order valence-corrected chi connectivity index (χ1v) is 24.0. The molecule has 0 aliphatic carbocycles. The van der Waals surface area contributed by atoms with E-state index in [9.17, 15) is 0 Å². The van der Waals surface area contributed by atoms with Gasteiger partial charge in [-0.2, -0.15) is 0 Å². The Balaban J connectivity index is 1.92. The number of para-hydroxylation sites is 3. The van der Waals surface area contributed by atoms with Crippen LogP contribution in [0.2, 0.25) is 0 Å². The van der Waals surface area contributed by atoms with Crippen LogP contribution in [0.25, 0.3) is 0 Å². The van der Waals surface area contributed by atoms with Crippen molar-refractivity contribution in [2.24, 2.45) is 0 Å². The molecule has 0 unspecified atom stereocenters. The van der Waals surface area contributed by atoms with Crippen LogP contribution in [0.15, 0.2) is 182 Å². The molecule has 0 radical (unpaired) electrons. The van der Waals surface area contributed by atoms with Crippen LogP contribution in [-0.4, -0.2) is 19.8 Å². The third-order valence-electron chi connectivity index (χ3n) is 8.24. The van der Waals surface area contributed by atoms with Crippen LogP contribution < -0.4 is 29.5 Å². The molecule has 0 saturated heterocycles. The Bertz CT molecular complexity index is 1700. The van der Waals surface area contributed by atoms with E-state index in [4.69, 9.17) is 27.1 Å². The first-order chi connectivity index (χ1) is 25.1. The summed E-state index contributed by atoms with van der Waals surface area (Å²) in [6.45, 7) is -2.01. The molecule has 262 valence electrons. The van der Waals surface area contributed by atoms with Crippen LogP contribution in [0.3, 0.4) is 0 Å². The van der Waals surface area contributed by atoms with Crippen molar-refractivity contribution in [3.05, 3.63) is 182 Å². The normalized spacial score (nSPS) is 12.7. The fraction of sp³-hybridized carbons (Fsp3) is 0.143. The Morgan fingerprint density at radius 3 is 0.824 bits per heavy atom. The van der Waals surface area contributed by atoms with Gasteiger partial charge in [-0.15, -0.1) is 0 Å². The monoisotopic (exact) mass is 738 g/mol. The second-order valence-electron chi connectivity index (χ2n) is 11.4. The van der Waals surface area contributed by atoms with E-state index in [2.05, 4.69) is 72.8 Å². The van der Waals surface area contributed by atoms with Gasteiger partial charge >= 0.3 is 304 Å². The second kappa shape index (κ2) is 16.5. The van der Waals surface area contributed by atoms with Gasteiger partial charge in [-0.1, -0.05) is 0 Å². The van der Waals surface area contributed by atoms with Gasteiger partial charge in [0.2, 0.25) is 0 Å². The van der Waals surface area contributed by atoms with Crippen molar-refractivity contribution in [2.45, 2.75) is 20.8 Å². The average Bonchev–Trinajstić information content (AvgIpc) is 3.18. The van der Waals surface area contributed by atoms with E-state index in [1.165, 1.54) is 0 Å². The van der Waals surface area contributed by atoms with Crippen molar-refractivity contribution >= 4 is 37.2 Å². The van der Waals surface area contributed by atoms with E-state index in [1.807, 2.05) is 130 Å². The van der Waals surface area contributed by atoms with Crippen LogP contribution in [0.1, 0.15) is 20.8 Å². The van der Waals surface area contributed by atoms with Gasteiger partial charge in [-0.3, -0.25) is 0 Å². The van der Waals surface area contributed by atoms with Gasteiger partial charge in [0, 0.05) is 0 Å². The Morgan fingerprint density at radius 2 is 0.588 bits per heavy atom. The average molecular weight is 739 g/mol. The summed E-state index contributed by atoms with van der Waals surface area (Å²) in [6.07, 6.45) is 0. The summed E-state index contributed by atoms with van der Waals surface area (Å²) < 4.78 is 45.3. The fourth-order valence-electron chi connectivity index (χ4n) is 6.47. The molecule has 51 heavy (non-hydrogen) atoms. The summed E-state index contributed by atoms with van der Waals surface area (Å²) in [7, 11) is -4.19. The van der Waals surface area contributed by atoms with Gasteiger partial charge < -0.3 is 0 Å².